The van der Waals surface area contributed by atoms with Crippen LogP contribution in [0.2, 0.25) is 0 Å². The van der Waals surface area contributed by atoms with Gasteiger partial charge in [0.15, 0.2) is 0 Å². The monoisotopic (exact) mass is 239 g/mol. The first-order valence-corrected chi connectivity index (χ1v) is 6.22. The first kappa shape index (κ1) is 13.1. The number of nitrogens with one attached hydrogen (secondary N) is 1. The van der Waals surface area contributed by atoms with Crippen molar-refractivity contribution in [3.63, 3.8) is 0 Å². The molecule has 1 rings (SSSR count). The molecule has 3 nitrogen and oxygen atoms in total. The van der Waals surface area contributed by atoms with Gasteiger partial charge in [-0.1, -0.05) is 17.7 Å². The minimum atomic E-state index is -0.104. The molecule has 16 heavy (non-hydrogen) atoms. The van der Waals surface area contributed by atoms with Crippen LogP contribution in [0, 0.1) is 13.8 Å². The van der Waals surface area contributed by atoms with Crippen molar-refractivity contribution >= 4 is 17.7 Å². The molecule has 1 aromatic carbocycles. The van der Waals surface area contributed by atoms with Gasteiger partial charge in [0.1, 0.15) is 0 Å². The summed E-state index contributed by atoms with van der Waals surface area (Å²) in [6.07, 6.45) is 0. The van der Waals surface area contributed by atoms with Crippen molar-refractivity contribution in [1.29, 1.82) is 0 Å². The van der Waals surface area contributed by atoms with Crippen LogP contribution in [0.1, 0.15) is 18.1 Å². The fourth-order valence-electron chi connectivity index (χ4n) is 1.19. The van der Waals surface area contributed by atoms with Crippen LogP contribution in [0.5, 0.6) is 0 Å². The van der Waals surface area contributed by atoms with Crippen molar-refractivity contribution in [2.45, 2.75) is 25.7 Å². The van der Waals surface area contributed by atoms with Crippen LogP contribution in [-0.4, -0.2) is 18.3 Å². The number of amides is 1. The SMILES string of the molecule is CCONC(=O)CSc1cc(C)ccc1C. The van der Waals surface area contributed by atoms with Gasteiger partial charge in [0.25, 0.3) is 5.91 Å². The summed E-state index contributed by atoms with van der Waals surface area (Å²) in [7, 11) is 0. The van der Waals surface area contributed by atoms with Gasteiger partial charge in [0.2, 0.25) is 0 Å². The molecule has 0 aliphatic heterocycles. The van der Waals surface area contributed by atoms with E-state index in [1.165, 1.54) is 22.9 Å². The highest BCUT2D eigenvalue weighted by molar-refractivity contribution is 8.00. The molecule has 0 aliphatic rings. The summed E-state index contributed by atoms with van der Waals surface area (Å²) in [6, 6.07) is 6.23. The number of aryl methyl sites for hydroxylation is 2. The Kier molecular flexibility index (Phi) is 5.35. The molecule has 0 aromatic heterocycles. The number of hydrogen-bond donors (Lipinski definition) is 1. The van der Waals surface area contributed by atoms with Gasteiger partial charge in [0, 0.05) is 4.90 Å². The summed E-state index contributed by atoms with van der Waals surface area (Å²) in [6.45, 7) is 6.41. The minimum absolute atomic E-state index is 0.104. The van der Waals surface area contributed by atoms with Crippen LogP contribution in [0.25, 0.3) is 0 Å². The molecule has 1 aromatic rings. The van der Waals surface area contributed by atoms with E-state index in [4.69, 9.17) is 4.84 Å². The lowest BCUT2D eigenvalue weighted by Gasteiger charge is -2.07. The zero-order chi connectivity index (χ0) is 12.0. The van der Waals surface area contributed by atoms with Crippen LogP contribution in [0.15, 0.2) is 23.1 Å². The Bertz CT molecular complexity index is 366. The molecule has 1 amide bonds. The average molecular weight is 239 g/mol. The van der Waals surface area contributed by atoms with E-state index in [0.717, 1.165) is 4.90 Å². The second-order valence-corrected chi connectivity index (χ2v) is 4.53. The van der Waals surface area contributed by atoms with Gasteiger partial charge in [-0.2, -0.15) is 0 Å². The number of benzene rings is 1. The normalized spacial score (nSPS) is 10.2. The summed E-state index contributed by atoms with van der Waals surface area (Å²) in [4.78, 5) is 17.3. The molecule has 0 aliphatic carbocycles. The van der Waals surface area contributed by atoms with E-state index in [1.54, 1.807) is 0 Å². The molecule has 4 heteroatoms. The van der Waals surface area contributed by atoms with E-state index in [1.807, 2.05) is 20.8 Å². The van der Waals surface area contributed by atoms with E-state index >= 15 is 0 Å². The maximum absolute atomic E-state index is 11.3. The van der Waals surface area contributed by atoms with Crippen LogP contribution in [-0.2, 0) is 9.63 Å². The number of carbonyl (C=O) groups is 1. The third kappa shape index (κ3) is 4.24. The summed E-state index contributed by atoms with van der Waals surface area (Å²) in [5.74, 6) is 0.275. The fraction of sp³-hybridized carbons (Fsp3) is 0.417. The van der Waals surface area contributed by atoms with Crippen molar-refractivity contribution < 1.29 is 9.63 Å². The minimum Gasteiger partial charge on any atom is -0.274 e. The molecule has 0 heterocycles. The van der Waals surface area contributed by atoms with E-state index in [-0.39, 0.29) is 5.91 Å². The third-order valence-electron chi connectivity index (χ3n) is 2.03. The molecule has 0 fully saturated rings. The van der Waals surface area contributed by atoms with Crippen molar-refractivity contribution in [1.82, 2.24) is 5.48 Å². The Balaban J connectivity index is 2.47. The van der Waals surface area contributed by atoms with Gasteiger partial charge in [-0.15, -0.1) is 11.8 Å². The third-order valence-corrected chi connectivity index (χ3v) is 3.19. The number of hydroxylamine groups is 1. The predicted octanol–water partition coefficient (Wildman–Crippen LogP) is 2.46. The molecule has 0 radical (unpaired) electrons. The highest BCUT2D eigenvalue weighted by Crippen LogP contribution is 2.23. The summed E-state index contributed by atoms with van der Waals surface area (Å²) in [5.41, 5.74) is 4.78. The Morgan fingerprint density at radius 1 is 1.44 bits per heavy atom. The first-order chi connectivity index (χ1) is 7.63. The topological polar surface area (TPSA) is 38.3 Å². The largest absolute Gasteiger partial charge is 0.274 e. The van der Waals surface area contributed by atoms with Crippen LogP contribution in [0.4, 0.5) is 0 Å². The van der Waals surface area contributed by atoms with E-state index in [0.29, 0.717) is 12.4 Å². The van der Waals surface area contributed by atoms with Crippen LogP contribution < -0.4 is 5.48 Å². The summed E-state index contributed by atoms with van der Waals surface area (Å²) >= 11 is 1.53. The Morgan fingerprint density at radius 3 is 2.88 bits per heavy atom. The van der Waals surface area contributed by atoms with Gasteiger partial charge in [-0.25, -0.2) is 5.48 Å². The Hall–Kier alpha value is -1.00. The standard InChI is InChI=1S/C12H17NO2S/c1-4-15-13-12(14)8-16-11-7-9(2)5-6-10(11)3/h5-7H,4,8H2,1-3H3,(H,13,14). The molecular formula is C12H17NO2S. The molecule has 0 atom stereocenters. The Labute approximate surface area is 101 Å². The lowest BCUT2D eigenvalue weighted by molar-refractivity contribution is -0.130. The first-order valence-electron chi connectivity index (χ1n) is 5.24. The average Bonchev–Trinajstić information content (AvgIpc) is 2.27. The van der Waals surface area contributed by atoms with Gasteiger partial charge in [-0.3, -0.25) is 9.63 Å². The molecule has 0 saturated heterocycles. The highest BCUT2D eigenvalue weighted by Gasteiger charge is 2.04. The molecule has 0 saturated carbocycles. The molecule has 88 valence electrons. The zero-order valence-electron chi connectivity index (χ0n) is 9.87. The van der Waals surface area contributed by atoms with E-state index < -0.39 is 0 Å². The molecular weight excluding hydrogens is 222 g/mol. The molecule has 0 unspecified atom stereocenters. The van der Waals surface area contributed by atoms with Crippen molar-refractivity contribution in [3.8, 4) is 0 Å². The van der Waals surface area contributed by atoms with Crippen LogP contribution in [0.3, 0.4) is 0 Å². The molecule has 0 spiro atoms. The van der Waals surface area contributed by atoms with Crippen molar-refractivity contribution in [3.05, 3.63) is 29.3 Å². The van der Waals surface area contributed by atoms with Gasteiger partial charge < -0.3 is 0 Å². The summed E-state index contributed by atoms with van der Waals surface area (Å²) < 4.78 is 0. The second kappa shape index (κ2) is 6.55. The smallest absolute Gasteiger partial charge is 0.253 e. The number of thioether (sulfide) groups is 1. The highest BCUT2D eigenvalue weighted by atomic mass is 32.2. The van der Waals surface area contributed by atoms with Crippen LogP contribution >= 0.6 is 11.8 Å². The van der Waals surface area contributed by atoms with Crippen molar-refractivity contribution in [2.75, 3.05) is 12.4 Å². The molecule has 0 bridgehead atoms. The number of hydrogen-bond acceptors (Lipinski definition) is 3. The second-order valence-electron chi connectivity index (χ2n) is 3.52. The lowest BCUT2D eigenvalue weighted by atomic mass is 10.2. The number of carbonyl (C=O) groups excluding carboxylic acids is 1. The molecule has 1 N–H and O–H groups in total. The zero-order valence-corrected chi connectivity index (χ0v) is 10.7. The van der Waals surface area contributed by atoms with Crippen molar-refractivity contribution in [2.24, 2.45) is 0 Å². The maximum atomic E-state index is 11.3. The fourth-order valence-corrected chi connectivity index (χ4v) is 2.10. The predicted molar refractivity (Wildman–Crippen MR) is 66.4 cm³/mol. The van der Waals surface area contributed by atoms with Gasteiger partial charge in [0.05, 0.1) is 12.4 Å². The van der Waals surface area contributed by atoms with E-state index in [2.05, 4.69) is 23.7 Å². The number of rotatable bonds is 5. The van der Waals surface area contributed by atoms with E-state index in [9.17, 15) is 4.79 Å². The summed E-state index contributed by atoms with van der Waals surface area (Å²) in [5, 5.41) is 0. The lowest BCUT2D eigenvalue weighted by Crippen LogP contribution is -2.25. The quantitative estimate of drug-likeness (QED) is 0.633. The van der Waals surface area contributed by atoms with Gasteiger partial charge in [-0.05, 0) is 32.4 Å². The maximum Gasteiger partial charge on any atom is 0.253 e. The van der Waals surface area contributed by atoms with Gasteiger partial charge >= 0.3 is 0 Å². The Morgan fingerprint density at radius 2 is 2.19 bits per heavy atom.